The molecule has 0 aromatic heterocycles. The number of carbonyl (C=O) groups excluding carboxylic acids is 3. The first kappa shape index (κ1) is 30.0. The van der Waals surface area contributed by atoms with Gasteiger partial charge in [-0.25, -0.2) is 4.39 Å². The summed E-state index contributed by atoms with van der Waals surface area (Å²) in [6.45, 7) is 0.389. The van der Waals surface area contributed by atoms with Crippen molar-refractivity contribution in [1.82, 2.24) is 15.5 Å². The molecule has 218 valence electrons. The van der Waals surface area contributed by atoms with Gasteiger partial charge in [0.1, 0.15) is 17.6 Å². The molecule has 2 aromatic carbocycles. The van der Waals surface area contributed by atoms with Crippen molar-refractivity contribution in [2.24, 2.45) is 5.73 Å². The van der Waals surface area contributed by atoms with Gasteiger partial charge in [-0.05, 0) is 67.5 Å². The molecule has 9 nitrogen and oxygen atoms in total. The molecule has 1 aliphatic heterocycles. The molecule has 4 rings (SSSR count). The van der Waals surface area contributed by atoms with Gasteiger partial charge in [-0.1, -0.05) is 18.1 Å². The van der Waals surface area contributed by atoms with Crippen LogP contribution in [0.4, 0.5) is 4.39 Å². The molecule has 3 amide bonds. The molecule has 5 N–H and O–H groups in total. The molecule has 3 atom stereocenters. The van der Waals surface area contributed by atoms with E-state index in [1.54, 1.807) is 6.07 Å². The van der Waals surface area contributed by atoms with E-state index in [1.165, 1.54) is 24.1 Å². The number of carbonyl (C=O) groups is 3. The monoisotopic (exact) mass is 564 g/mol. The van der Waals surface area contributed by atoms with Gasteiger partial charge in [-0.15, -0.1) is 6.42 Å². The third kappa shape index (κ3) is 7.84. The molecule has 1 fully saturated rings. The Kier molecular flexibility index (Phi) is 9.63. The number of rotatable bonds is 7. The second-order valence-corrected chi connectivity index (χ2v) is 10.9. The molecule has 1 saturated carbocycles. The van der Waals surface area contributed by atoms with Crippen LogP contribution in [0.3, 0.4) is 0 Å². The SMILES string of the molecule is C#Cc1cccc(C2(NC[C@@H](O)[C@@H]3Cc4cc(F)cc(c4)OCCCCC(=O)N(C)C(CC(N)=O)C(=O)N3)CC2)c1. The molecule has 41 heavy (non-hydrogen) atoms. The maximum absolute atomic E-state index is 14.5. The van der Waals surface area contributed by atoms with Crippen LogP contribution in [-0.4, -0.2) is 66.1 Å². The first-order valence-electron chi connectivity index (χ1n) is 13.9. The fourth-order valence-electron chi connectivity index (χ4n) is 5.19. The van der Waals surface area contributed by atoms with Gasteiger partial charge in [0.05, 0.1) is 25.2 Å². The number of hydrogen-bond donors (Lipinski definition) is 4. The lowest BCUT2D eigenvalue weighted by molar-refractivity contribution is -0.141. The van der Waals surface area contributed by atoms with E-state index in [1.807, 2.05) is 24.3 Å². The minimum Gasteiger partial charge on any atom is -0.493 e. The van der Waals surface area contributed by atoms with Crippen LogP contribution in [-0.2, 0) is 26.3 Å². The molecule has 0 radical (unpaired) electrons. The summed E-state index contributed by atoms with van der Waals surface area (Å²) in [6.07, 6.45) is 7.02. The number of hydrogen-bond acceptors (Lipinski definition) is 6. The molecule has 1 heterocycles. The van der Waals surface area contributed by atoms with Crippen LogP contribution in [0.1, 0.15) is 55.2 Å². The molecule has 2 bridgehead atoms. The first-order chi connectivity index (χ1) is 19.6. The lowest BCUT2D eigenvalue weighted by Crippen LogP contribution is -2.56. The van der Waals surface area contributed by atoms with E-state index < -0.39 is 35.8 Å². The Morgan fingerprint density at radius 2 is 2.07 bits per heavy atom. The highest BCUT2D eigenvalue weighted by atomic mass is 19.1. The zero-order chi connectivity index (χ0) is 29.6. The number of nitrogens with one attached hydrogen (secondary N) is 2. The van der Waals surface area contributed by atoms with E-state index in [0.29, 0.717) is 24.2 Å². The minimum atomic E-state index is -1.16. The van der Waals surface area contributed by atoms with E-state index in [4.69, 9.17) is 16.9 Å². The standard InChI is InChI=1S/C31H37FN4O5/c1-3-20-7-6-8-22(13-20)31(10-11-31)34-19-27(37)25-16-21-14-23(32)17-24(15-21)41-12-5-4-9-29(39)36(2)26(18-28(33)38)30(40)35-25/h1,6-8,13-15,17,25-27,34,37H,4-5,9-12,16,18-19H2,2H3,(H2,33,38)(H,35,40)/t25-,26?,27+/m0/s1. The van der Waals surface area contributed by atoms with Crippen molar-refractivity contribution in [3.05, 3.63) is 65.0 Å². The van der Waals surface area contributed by atoms with Gasteiger partial charge in [0.25, 0.3) is 0 Å². The Hall–Kier alpha value is -3.94. The van der Waals surface area contributed by atoms with Gasteiger partial charge in [-0.2, -0.15) is 0 Å². The number of nitrogens with zero attached hydrogens (tertiary/aromatic N) is 1. The predicted octanol–water partition coefficient (Wildman–Crippen LogP) is 1.74. The topological polar surface area (TPSA) is 134 Å². The smallest absolute Gasteiger partial charge is 0.243 e. The van der Waals surface area contributed by atoms with Crippen molar-refractivity contribution in [2.45, 2.75) is 68.7 Å². The highest BCUT2D eigenvalue weighted by molar-refractivity contribution is 5.91. The summed E-state index contributed by atoms with van der Waals surface area (Å²) < 4.78 is 20.2. The second kappa shape index (κ2) is 13.1. The number of halogens is 1. The number of ether oxygens (including phenoxy) is 1. The molecule has 2 aliphatic rings. The van der Waals surface area contributed by atoms with Crippen LogP contribution in [0.5, 0.6) is 5.75 Å². The van der Waals surface area contributed by atoms with Crippen molar-refractivity contribution in [3.8, 4) is 18.1 Å². The normalized spacial score (nSPS) is 21.9. The Morgan fingerprint density at radius 3 is 2.78 bits per heavy atom. The Morgan fingerprint density at radius 1 is 1.29 bits per heavy atom. The predicted molar refractivity (Wildman–Crippen MR) is 151 cm³/mol. The summed E-state index contributed by atoms with van der Waals surface area (Å²) in [4.78, 5) is 39.4. The van der Waals surface area contributed by atoms with Crippen molar-refractivity contribution >= 4 is 17.7 Å². The number of aliphatic hydroxyl groups excluding tert-OH is 1. The summed E-state index contributed by atoms with van der Waals surface area (Å²) in [7, 11) is 1.46. The van der Waals surface area contributed by atoms with E-state index in [-0.39, 0.29) is 43.9 Å². The Bertz CT molecular complexity index is 1320. The maximum Gasteiger partial charge on any atom is 0.243 e. The highest BCUT2D eigenvalue weighted by Crippen LogP contribution is 2.45. The number of nitrogens with two attached hydrogens (primary N) is 1. The van der Waals surface area contributed by atoms with Gasteiger partial charge in [0.2, 0.25) is 17.7 Å². The summed E-state index contributed by atoms with van der Waals surface area (Å²) in [5.74, 6) is 0.765. The molecule has 0 saturated heterocycles. The van der Waals surface area contributed by atoms with Crippen LogP contribution in [0.2, 0.25) is 0 Å². The largest absolute Gasteiger partial charge is 0.493 e. The Balaban J connectivity index is 1.59. The van der Waals surface area contributed by atoms with E-state index in [0.717, 1.165) is 24.0 Å². The van der Waals surface area contributed by atoms with Crippen LogP contribution >= 0.6 is 0 Å². The van der Waals surface area contributed by atoms with Crippen LogP contribution in [0.15, 0.2) is 42.5 Å². The minimum absolute atomic E-state index is 0.0727. The number of terminal acetylenes is 1. The van der Waals surface area contributed by atoms with Crippen LogP contribution in [0, 0.1) is 18.2 Å². The number of benzene rings is 2. The van der Waals surface area contributed by atoms with E-state index >= 15 is 0 Å². The van der Waals surface area contributed by atoms with Gasteiger partial charge in [-0.3, -0.25) is 14.4 Å². The van der Waals surface area contributed by atoms with Gasteiger partial charge in [0.15, 0.2) is 0 Å². The number of aliphatic hydroxyl groups is 1. The van der Waals surface area contributed by atoms with Crippen molar-refractivity contribution in [3.63, 3.8) is 0 Å². The highest BCUT2D eigenvalue weighted by Gasteiger charge is 2.44. The summed E-state index contributed by atoms with van der Waals surface area (Å²) in [5, 5.41) is 17.6. The third-order valence-corrected chi connectivity index (χ3v) is 7.77. The summed E-state index contributed by atoms with van der Waals surface area (Å²) >= 11 is 0. The average molecular weight is 565 g/mol. The second-order valence-electron chi connectivity index (χ2n) is 10.9. The molecule has 0 spiro atoms. The zero-order valence-electron chi connectivity index (χ0n) is 23.2. The molecule has 1 unspecified atom stereocenters. The van der Waals surface area contributed by atoms with Gasteiger partial charge < -0.3 is 31.1 Å². The average Bonchev–Trinajstić information content (AvgIpc) is 3.74. The van der Waals surface area contributed by atoms with Crippen LogP contribution < -0.4 is 21.1 Å². The van der Waals surface area contributed by atoms with Gasteiger partial charge in [0, 0.05) is 37.2 Å². The summed E-state index contributed by atoms with van der Waals surface area (Å²) in [5.41, 5.74) is 7.36. The van der Waals surface area contributed by atoms with Gasteiger partial charge >= 0.3 is 0 Å². The quantitative estimate of drug-likeness (QED) is 0.379. The molecule has 10 heteroatoms. The molecular formula is C31H37FN4O5. The number of fused-ring (bicyclic) bond motifs is 2. The number of primary amides is 1. The fourth-order valence-corrected chi connectivity index (χ4v) is 5.19. The van der Waals surface area contributed by atoms with E-state index in [2.05, 4.69) is 16.6 Å². The Labute approximate surface area is 239 Å². The third-order valence-electron chi connectivity index (χ3n) is 7.77. The van der Waals surface area contributed by atoms with Crippen molar-refractivity contribution < 1.29 is 28.6 Å². The van der Waals surface area contributed by atoms with E-state index in [9.17, 15) is 23.9 Å². The lowest BCUT2D eigenvalue weighted by Gasteiger charge is -2.31. The lowest BCUT2D eigenvalue weighted by atomic mass is 9.98. The maximum atomic E-state index is 14.5. The number of likely N-dealkylation sites (N-methyl/N-ethyl adjacent to an activating group) is 1. The number of amides is 3. The first-order valence-corrected chi connectivity index (χ1v) is 13.9. The zero-order valence-corrected chi connectivity index (χ0v) is 23.2. The molecule has 1 aliphatic carbocycles. The van der Waals surface area contributed by atoms with Crippen LogP contribution in [0.25, 0.3) is 0 Å². The van der Waals surface area contributed by atoms with Crippen molar-refractivity contribution in [1.29, 1.82) is 0 Å². The fraction of sp³-hybridized carbons (Fsp3) is 0.452. The molecular weight excluding hydrogens is 527 g/mol. The summed E-state index contributed by atoms with van der Waals surface area (Å²) in [6, 6.07) is 9.89. The van der Waals surface area contributed by atoms with Crippen molar-refractivity contribution in [2.75, 3.05) is 20.2 Å². The molecule has 2 aromatic rings.